The molecule has 1 aliphatic heterocycles. The van der Waals surface area contributed by atoms with Crippen molar-refractivity contribution in [3.63, 3.8) is 0 Å². The molecular formula is C21H19Cl2N5O2S. The number of hydrogen-bond donors (Lipinski definition) is 1. The molecule has 0 radical (unpaired) electrons. The van der Waals surface area contributed by atoms with Crippen molar-refractivity contribution in [3.8, 4) is 0 Å². The lowest BCUT2D eigenvalue weighted by Crippen LogP contribution is -2.32. The van der Waals surface area contributed by atoms with Crippen LogP contribution in [0.5, 0.6) is 0 Å². The number of anilines is 1. The van der Waals surface area contributed by atoms with Crippen LogP contribution < -0.4 is 10.2 Å². The number of carbonyl (C=O) groups is 2. The summed E-state index contributed by atoms with van der Waals surface area (Å²) in [6, 6.07) is 10.8. The van der Waals surface area contributed by atoms with Crippen molar-refractivity contribution in [1.82, 2.24) is 20.2 Å². The number of halogens is 2. The van der Waals surface area contributed by atoms with E-state index in [9.17, 15) is 9.59 Å². The van der Waals surface area contributed by atoms with Crippen LogP contribution >= 0.6 is 34.5 Å². The van der Waals surface area contributed by atoms with Gasteiger partial charge in [0, 0.05) is 31.2 Å². The molecule has 0 saturated carbocycles. The summed E-state index contributed by atoms with van der Waals surface area (Å²) in [4.78, 5) is 37.2. The molecule has 0 aliphatic carbocycles. The third-order valence-electron chi connectivity index (χ3n) is 4.75. The first-order valence-corrected chi connectivity index (χ1v) is 11.2. The number of benzene rings is 1. The highest BCUT2D eigenvalue weighted by Crippen LogP contribution is 2.25. The Hall–Kier alpha value is -2.68. The minimum absolute atomic E-state index is 0.0977. The Kier molecular flexibility index (Phi) is 6.70. The molecule has 31 heavy (non-hydrogen) atoms. The second-order valence-corrected chi connectivity index (χ2v) is 8.65. The number of rotatable bonds is 7. The van der Waals surface area contributed by atoms with Gasteiger partial charge in [-0.25, -0.2) is 9.78 Å². The zero-order valence-electron chi connectivity index (χ0n) is 16.4. The highest BCUT2D eigenvalue weighted by Gasteiger charge is 2.25. The lowest BCUT2D eigenvalue weighted by molar-refractivity contribution is -0.131. The van der Waals surface area contributed by atoms with Crippen LogP contribution in [0.15, 0.2) is 48.0 Å². The van der Waals surface area contributed by atoms with Crippen molar-refractivity contribution in [2.45, 2.75) is 19.5 Å². The van der Waals surface area contributed by atoms with Gasteiger partial charge < -0.3 is 10.2 Å². The van der Waals surface area contributed by atoms with E-state index in [2.05, 4.69) is 15.3 Å². The number of thiazole rings is 1. The smallest absolute Gasteiger partial charge is 0.323 e. The van der Waals surface area contributed by atoms with Crippen molar-refractivity contribution < 1.29 is 9.59 Å². The second-order valence-electron chi connectivity index (χ2n) is 7.00. The van der Waals surface area contributed by atoms with Crippen LogP contribution in [0.25, 0.3) is 0 Å². The summed E-state index contributed by atoms with van der Waals surface area (Å²) in [5.74, 6) is -0.0977. The lowest BCUT2D eigenvalue weighted by atomic mass is 10.2. The van der Waals surface area contributed by atoms with Crippen molar-refractivity contribution in [3.05, 3.63) is 75.0 Å². The number of hydrogen-bond acceptors (Lipinski definition) is 5. The van der Waals surface area contributed by atoms with E-state index in [1.54, 1.807) is 28.1 Å². The summed E-state index contributed by atoms with van der Waals surface area (Å²) in [6.07, 6.45) is 1.82. The lowest BCUT2D eigenvalue weighted by Gasteiger charge is -2.22. The first kappa shape index (κ1) is 21.5. The van der Waals surface area contributed by atoms with Crippen molar-refractivity contribution >= 4 is 51.6 Å². The van der Waals surface area contributed by atoms with Gasteiger partial charge in [0.1, 0.15) is 0 Å². The van der Waals surface area contributed by atoms with Crippen LogP contribution in [0.4, 0.5) is 9.93 Å². The molecule has 1 aliphatic rings. The van der Waals surface area contributed by atoms with Crippen LogP contribution in [-0.2, 0) is 24.3 Å². The first-order valence-electron chi connectivity index (χ1n) is 9.61. The average molecular weight is 476 g/mol. The number of amides is 3. The van der Waals surface area contributed by atoms with Gasteiger partial charge in [-0.2, -0.15) is 0 Å². The van der Waals surface area contributed by atoms with E-state index in [4.69, 9.17) is 23.2 Å². The number of urea groups is 1. The van der Waals surface area contributed by atoms with E-state index in [0.717, 1.165) is 11.3 Å². The van der Waals surface area contributed by atoms with Crippen LogP contribution in [0.3, 0.4) is 0 Å². The molecule has 3 aromatic rings. The third kappa shape index (κ3) is 5.33. The van der Waals surface area contributed by atoms with Crippen molar-refractivity contribution in [2.24, 2.45) is 0 Å². The number of nitrogens with one attached hydrogen (secondary N) is 1. The molecule has 2 aromatic heterocycles. The number of aromatic nitrogens is 2. The fraction of sp³-hybridized carbons (Fsp3) is 0.238. The Morgan fingerprint density at radius 2 is 2.03 bits per heavy atom. The molecule has 160 valence electrons. The quantitative estimate of drug-likeness (QED) is 0.556. The highest BCUT2D eigenvalue weighted by atomic mass is 35.5. The summed E-state index contributed by atoms with van der Waals surface area (Å²) in [6.45, 7) is 1.88. The molecule has 10 heteroatoms. The fourth-order valence-corrected chi connectivity index (χ4v) is 4.37. The summed E-state index contributed by atoms with van der Waals surface area (Å²) >= 11 is 13.5. The predicted molar refractivity (Wildman–Crippen MR) is 122 cm³/mol. The van der Waals surface area contributed by atoms with Gasteiger partial charge in [0.25, 0.3) is 0 Å². The van der Waals surface area contributed by atoms with Crippen molar-refractivity contribution in [1.29, 1.82) is 0 Å². The van der Waals surface area contributed by atoms with Gasteiger partial charge >= 0.3 is 6.03 Å². The van der Waals surface area contributed by atoms with Crippen LogP contribution in [-0.4, -0.2) is 39.9 Å². The molecule has 3 amide bonds. The zero-order valence-corrected chi connectivity index (χ0v) is 18.8. The molecule has 1 fully saturated rings. The largest absolute Gasteiger partial charge is 0.336 e. The first-order chi connectivity index (χ1) is 15.0. The van der Waals surface area contributed by atoms with Gasteiger partial charge in [0.05, 0.1) is 34.4 Å². The Labute approximate surface area is 193 Å². The molecule has 1 saturated heterocycles. The minimum atomic E-state index is -0.163. The summed E-state index contributed by atoms with van der Waals surface area (Å²) in [5, 5.41) is 6.07. The molecule has 0 atom stereocenters. The molecule has 0 spiro atoms. The maximum absolute atomic E-state index is 13.2. The topological polar surface area (TPSA) is 78.4 Å². The average Bonchev–Trinajstić information content (AvgIpc) is 3.39. The van der Waals surface area contributed by atoms with Gasteiger partial charge in [-0.15, -0.1) is 11.3 Å². The Morgan fingerprint density at radius 3 is 2.74 bits per heavy atom. The SMILES string of the molecule is O=C(Cc1csc(N2CCNC2=O)n1)N(Cc1ccc(Cl)c(Cl)c1)Cc1ccccn1. The Morgan fingerprint density at radius 1 is 1.16 bits per heavy atom. The van der Waals surface area contributed by atoms with Gasteiger partial charge in [0.2, 0.25) is 5.91 Å². The van der Waals surface area contributed by atoms with Crippen LogP contribution in [0.1, 0.15) is 17.0 Å². The fourth-order valence-electron chi connectivity index (χ4n) is 3.20. The van der Waals surface area contributed by atoms with E-state index in [1.165, 1.54) is 11.3 Å². The summed E-state index contributed by atoms with van der Waals surface area (Å²) in [7, 11) is 0. The van der Waals surface area contributed by atoms with Crippen LogP contribution in [0.2, 0.25) is 10.0 Å². The standard InChI is InChI=1S/C21H19Cl2N5O2S/c22-17-5-4-14(9-18(17)23)11-27(12-15-3-1-2-6-24-15)19(29)10-16-13-31-21(26-16)28-8-7-25-20(28)30/h1-6,9,13H,7-8,10-12H2,(H,25,30). The normalized spacial score (nSPS) is 13.4. The predicted octanol–water partition coefficient (Wildman–Crippen LogP) is 4.15. The number of carbonyl (C=O) groups excluding carboxylic acids is 2. The van der Waals surface area contributed by atoms with Crippen LogP contribution in [0, 0.1) is 0 Å². The maximum atomic E-state index is 13.2. The monoisotopic (exact) mass is 475 g/mol. The molecular weight excluding hydrogens is 457 g/mol. The van der Waals surface area contributed by atoms with E-state index < -0.39 is 0 Å². The van der Waals surface area contributed by atoms with E-state index in [1.807, 2.05) is 29.6 Å². The minimum Gasteiger partial charge on any atom is -0.336 e. The van der Waals surface area contributed by atoms with Crippen molar-refractivity contribution in [2.75, 3.05) is 18.0 Å². The molecule has 7 nitrogen and oxygen atoms in total. The molecule has 0 bridgehead atoms. The second kappa shape index (κ2) is 9.64. The third-order valence-corrected chi connectivity index (χ3v) is 6.40. The Bertz CT molecular complexity index is 1090. The highest BCUT2D eigenvalue weighted by molar-refractivity contribution is 7.14. The van der Waals surface area contributed by atoms with Gasteiger partial charge in [0.15, 0.2) is 5.13 Å². The summed E-state index contributed by atoms with van der Waals surface area (Å²) < 4.78 is 0. The molecule has 4 rings (SSSR count). The number of nitrogens with zero attached hydrogens (tertiary/aromatic N) is 4. The molecule has 1 aromatic carbocycles. The maximum Gasteiger partial charge on any atom is 0.323 e. The number of pyridine rings is 1. The van der Waals surface area contributed by atoms with E-state index >= 15 is 0 Å². The van der Waals surface area contributed by atoms with E-state index in [0.29, 0.717) is 47.0 Å². The zero-order chi connectivity index (χ0) is 21.8. The van der Waals surface area contributed by atoms with E-state index in [-0.39, 0.29) is 18.4 Å². The molecule has 0 unspecified atom stereocenters. The van der Waals surface area contributed by atoms with Gasteiger partial charge in [-0.1, -0.05) is 35.3 Å². The van der Waals surface area contributed by atoms with Gasteiger partial charge in [-0.05, 0) is 29.8 Å². The van der Waals surface area contributed by atoms with Gasteiger partial charge in [-0.3, -0.25) is 14.7 Å². The Balaban J connectivity index is 1.51. The molecule has 3 heterocycles. The molecule has 1 N–H and O–H groups in total. The summed E-state index contributed by atoms with van der Waals surface area (Å²) in [5.41, 5.74) is 2.28.